The molecule has 1 aliphatic heterocycles. The second-order valence-corrected chi connectivity index (χ2v) is 7.49. The van der Waals surface area contributed by atoms with E-state index in [0.717, 1.165) is 5.75 Å². The third-order valence-corrected chi connectivity index (χ3v) is 5.19. The van der Waals surface area contributed by atoms with Crippen molar-refractivity contribution in [3.63, 3.8) is 0 Å². The number of fused-ring (bicyclic) bond motifs is 3. The van der Waals surface area contributed by atoms with Crippen molar-refractivity contribution in [3.05, 3.63) is 59.7 Å². The second-order valence-electron chi connectivity index (χ2n) is 6.26. The monoisotopic (exact) mass is 403 g/mol. The van der Waals surface area contributed by atoms with Gasteiger partial charge in [-0.1, -0.05) is 55.1 Å². The average Bonchev–Trinajstić information content (AvgIpc) is 2.88. The molecule has 144 valence electrons. The van der Waals surface area contributed by atoms with Crippen LogP contribution in [0.15, 0.2) is 53.7 Å². The first-order valence-corrected chi connectivity index (χ1v) is 10.0. The Hall–Kier alpha value is -3.44. The van der Waals surface area contributed by atoms with Crippen LogP contribution < -0.4 is 9.64 Å². The summed E-state index contributed by atoms with van der Waals surface area (Å²) in [6.07, 6.45) is -0.859. The fourth-order valence-corrected chi connectivity index (χ4v) is 3.76. The first kappa shape index (κ1) is 18.9. The number of hydrogen-bond donors (Lipinski definition) is 0. The zero-order valence-corrected chi connectivity index (χ0v) is 16.7. The number of thioether (sulfide) groups is 1. The number of nitriles is 1. The number of amides is 1. The fourth-order valence-electron chi connectivity index (χ4n) is 3.26. The van der Waals surface area contributed by atoms with E-state index in [1.165, 1.54) is 23.6 Å². The molecule has 0 saturated carbocycles. The number of para-hydroxylation sites is 1. The van der Waals surface area contributed by atoms with E-state index in [9.17, 15) is 10.1 Å². The van der Waals surface area contributed by atoms with E-state index in [2.05, 4.69) is 21.3 Å². The maximum absolute atomic E-state index is 12.7. The van der Waals surface area contributed by atoms with Crippen LogP contribution in [-0.2, 0) is 4.79 Å². The van der Waals surface area contributed by atoms with Gasteiger partial charge in [0.15, 0.2) is 5.69 Å². The molecule has 0 radical (unpaired) electrons. The lowest BCUT2D eigenvalue weighted by Crippen LogP contribution is -2.36. The molecular weight excluding hydrogens is 386 g/mol. The van der Waals surface area contributed by atoms with Gasteiger partial charge in [0.05, 0.1) is 17.3 Å². The average molecular weight is 403 g/mol. The van der Waals surface area contributed by atoms with Crippen LogP contribution in [0.1, 0.15) is 31.2 Å². The molecule has 1 aliphatic rings. The predicted molar refractivity (Wildman–Crippen MR) is 109 cm³/mol. The molecule has 0 unspecified atom stereocenters. The molecule has 2 aromatic carbocycles. The highest BCUT2D eigenvalue weighted by Gasteiger charge is 2.35. The lowest BCUT2D eigenvalue weighted by atomic mass is 10.0. The summed E-state index contributed by atoms with van der Waals surface area (Å²) in [5.74, 6) is 0.848. The number of ether oxygens (including phenoxy) is 1. The maximum atomic E-state index is 12.7. The minimum absolute atomic E-state index is 0.223. The smallest absolute Gasteiger partial charge is 0.247 e. The Labute approximate surface area is 172 Å². The van der Waals surface area contributed by atoms with Crippen LogP contribution in [-0.4, -0.2) is 26.8 Å². The Kier molecular flexibility index (Phi) is 5.14. The summed E-state index contributed by atoms with van der Waals surface area (Å²) in [5, 5.41) is 18.6. The molecule has 1 aromatic heterocycles. The number of hydrogen-bond acceptors (Lipinski definition) is 7. The fraction of sp³-hybridized carbons (Fsp3) is 0.190. The Balaban J connectivity index is 1.98. The van der Waals surface area contributed by atoms with Gasteiger partial charge in [0.2, 0.25) is 23.2 Å². The van der Waals surface area contributed by atoms with E-state index in [0.29, 0.717) is 33.2 Å². The lowest BCUT2D eigenvalue weighted by molar-refractivity contribution is -0.118. The molecule has 0 saturated heterocycles. The molecule has 8 heteroatoms. The van der Waals surface area contributed by atoms with E-state index < -0.39 is 6.23 Å². The molecule has 2 heterocycles. The van der Waals surface area contributed by atoms with Crippen molar-refractivity contribution in [1.82, 2.24) is 15.2 Å². The van der Waals surface area contributed by atoms with Gasteiger partial charge >= 0.3 is 0 Å². The van der Waals surface area contributed by atoms with E-state index in [4.69, 9.17) is 4.74 Å². The van der Waals surface area contributed by atoms with Crippen molar-refractivity contribution in [2.24, 2.45) is 0 Å². The Morgan fingerprint density at radius 3 is 2.72 bits per heavy atom. The van der Waals surface area contributed by atoms with Crippen LogP contribution >= 0.6 is 11.8 Å². The third-order valence-electron chi connectivity index (χ3n) is 4.47. The highest BCUT2D eigenvalue weighted by molar-refractivity contribution is 7.99. The van der Waals surface area contributed by atoms with Gasteiger partial charge in [-0.3, -0.25) is 9.69 Å². The van der Waals surface area contributed by atoms with Gasteiger partial charge in [-0.25, -0.2) is 0 Å². The minimum atomic E-state index is -0.859. The first-order chi connectivity index (χ1) is 14.1. The van der Waals surface area contributed by atoms with Crippen molar-refractivity contribution in [2.45, 2.75) is 25.2 Å². The predicted octanol–water partition coefficient (Wildman–Crippen LogP) is 3.97. The summed E-state index contributed by atoms with van der Waals surface area (Å²) in [7, 11) is 0. The van der Waals surface area contributed by atoms with Gasteiger partial charge in [0.1, 0.15) is 0 Å². The molecule has 3 aromatic rings. The van der Waals surface area contributed by atoms with Crippen LogP contribution in [0.4, 0.5) is 5.69 Å². The molecule has 1 atom stereocenters. The SMILES string of the molecule is CCSc1nnc2c(n1)O[C@@H](c1ccccc1C#N)N(C(C)=O)c1ccccc1-2. The van der Waals surface area contributed by atoms with Gasteiger partial charge in [0, 0.05) is 18.1 Å². The van der Waals surface area contributed by atoms with E-state index in [1.54, 1.807) is 18.2 Å². The van der Waals surface area contributed by atoms with Crippen LogP contribution in [0.3, 0.4) is 0 Å². The standard InChI is InChI=1S/C21H17N5O2S/c1-3-29-21-23-19-18(24-25-21)16-10-6-7-11-17(16)26(13(2)27)20(28-19)15-9-5-4-8-14(15)12-22/h4-11,20H,3H2,1-2H3/t20-/m0/s1. The van der Waals surface area contributed by atoms with Crippen molar-refractivity contribution in [3.8, 4) is 23.2 Å². The molecular formula is C21H17N5O2S. The summed E-state index contributed by atoms with van der Waals surface area (Å²) in [5.41, 5.74) is 2.79. The normalized spacial score (nSPS) is 14.8. The summed E-state index contributed by atoms with van der Waals surface area (Å²) in [4.78, 5) is 18.8. The van der Waals surface area contributed by atoms with Gasteiger partial charge < -0.3 is 4.74 Å². The molecule has 7 nitrogen and oxygen atoms in total. The van der Waals surface area contributed by atoms with E-state index >= 15 is 0 Å². The van der Waals surface area contributed by atoms with Gasteiger partial charge in [-0.2, -0.15) is 10.2 Å². The van der Waals surface area contributed by atoms with Gasteiger partial charge in [0.25, 0.3) is 0 Å². The van der Waals surface area contributed by atoms with Crippen LogP contribution in [0.25, 0.3) is 11.3 Å². The first-order valence-electron chi connectivity index (χ1n) is 9.06. The number of nitrogens with zero attached hydrogens (tertiary/aromatic N) is 5. The van der Waals surface area contributed by atoms with Crippen LogP contribution in [0, 0.1) is 11.3 Å². The van der Waals surface area contributed by atoms with Crippen molar-refractivity contribution >= 4 is 23.4 Å². The van der Waals surface area contributed by atoms with Crippen LogP contribution in [0.2, 0.25) is 0 Å². The Morgan fingerprint density at radius 1 is 1.21 bits per heavy atom. The minimum Gasteiger partial charge on any atom is -0.447 e. The summed E-state index contributed by atoms with van der Waals surface area (Å²) < 4.78 is 6.26. The zero-order valence-electron chi connectivity index (χ0n) is 15.9. The van der Waals surface area contributed by atoms with E-state index in [-0.39, 0.29) is 11.8 Å². The summed E-state index contributed by atoms with van der Waals surface area (Å²) >= 11 is 1.45. The topological polar surface area (TPSA) is 92.0 Å². The van der Waals surface area contributed by atoms with Gasteiger partial charge in [-0.05, 0) is 17.9 Å². The molecule has 1 amide bonds. The van der Waals surface area contributed by atoms with Crippen molar-refractivity contribution < 1.29 is 9.53 Å². The molecule has 0 N–H and O–H groups in total. The molecule has 0 spiro atoms. The number of carbonyl (C=O) groups is 1. The zero-order chi connectivity index (χ0) is 20.4. The summed E-state index contributed by atoms with van der Waals surface area (Å²) in [6.45, 7) is 3.47. The molecule has 0 fully saturated rings. The lowest BCUT2D eigenvalue weighted by Gasteiger charge is -2.30. The number of benzene rings is 2. The third kappa shape index (κ3) is 3.41. The number of carbonyl (C=O) groups excluding carboxylic acids is 1. The highest BCUT2D eigenvalue weighted by atomic mass is 32.2. The molecule has 4 rings (SSSR count). The molecule has 0 aliphatic carbocycles. The van der Waals surface area contributed by atoms with Gasteiger partial charge in [-0.15, -0.1) is 10.2 Å². The second kappa shape index (κ2) is 7.89. The molecule has 29 heavy (non-hydrogen) atoms. The summed E-state index contributed by atoms with van der Waals surface area (Å²) in [6, 6.07) is 16.6. The largest absolute Gasteiger partial charge is 0.447 e. The van der Waals surface area contributed by atoms with Crippen molar-refractivity contribution in [1.29, 1.82) is 5.26 Å². The number of aromatic nitrogens is 3. The van der Waals surface area contributed by atoms with Crippen LogP contribution in [0.5, 0.6) is 5.88 Å². The van der Waals surface area contributed by atoms with Crippen molar-refractivity contribution in [2.75, 3.05) is 10.7 Å². The number of anilines is 1. The number of rotatable bonds is 3. The van der Waals surface area contributed by atoms with E-state index in [1.807, 2.05) is 37.3 Å². The molecule has 0 bridgehead atoms. The highest BCUT2D eigenvalue weighted by Crippen LogP contribution is 2.43. The maximum Gasteiger partial charge on any atom is 0.247 e. The quantitative estimate of drug-likeness (QED) is 0.611. The Bertz CT molecular complexity index is 1130. The Morgan fingerprint density at radius 2 is 1.97 bits per heavy atom.